The summed E-state index contributed by atoms with van der Waals surface area (Å²) in [5, 5.41) is 6.97. The maximum absolute atomic E-state index is 12.9. The summed E-state index contributed by atoms with van der Waals surface area (Å²) < 4.78 is 39.8. The van der Waals surface area contributed by atoms with Gasteiger partial charge in [0.15, 0.2) is 11.6 Å². The first-order chi connectivity index (χ1) is 10.9. The summed E-state index contributed by atoms with van der Waals surface area (Å²) in [5.41, 5.74) is 2.49. The SMILES string of the molecule is Cc1cc2ncnc(N3CCn4c(nnc4C(F)(F)F)C3)c2[nH]1. The molecule has 0 saturated carbocycles. The molecular weight excluding hydrogens is 311 g/mol. The van der Waals surface area contributed by atoms with Crippen LogP contribution in [-0.4, -0.2) is 36.3 Å². The normalized spacial score (nSPS) is 15.2. The number of aromatic amines is 1. The molecule has 0 atom stereocenters. The highest BCUT2D eigenvalue weighted by atomic mass is 19.4. The zero-order valence-electron chi connectivity index (χ0n) is 12.1. The Hall–Kier alpha value is -2.65. The van der Waals surface area contributed by atoms with E-state index in [0.717, 1.165) is 21.3 Å². The van der Waals surface area contributed by atoms with E-state index in [9.17, 15) is 13.2 Å². The van der Waals surface area contributed by atoms with E-state index in [0.29, 0.717) is 12.4 Å². The molecular formula is C13H12F3N7. The lowest BCUT2D eigenvalue weighted by Gasteiger charge is -2.29. The second kappa shape index (κ2) is 4.67. The van der Waals surface area contributed by atoms with Gasteiger partial charge in [-0.2, -0.15) is 13.2 Å². The Labute approximate surface area is 128 Å². The molecule has 23 heavy (non-hydrogen) atoms. The fraction of sp³-hybridized carbons (Fsp3) is 0.385. The molecule has 3 aromatic heterocycles. The molecule has 0 amide bonds. The fourth-order valence-electron chi connectivity index (χ4n) is 2.85. The average Bonchev–Trinajstić information content (AvgIpc) is 3.07. The second-order valence-corrected chi connectivity index (χ2v) is 5.42. The molecule has 1 aliphatic rings. The Morgan fingerprint density at radius 1 is 1.17 bits per heavy atom. The molecule has 0 aliphatic carbocycles. The third kappa shape index (κ3) is 2.21. The largest absolute Gasteiger partial charge is 0.451 e. The highest BCUT2D eigenvalue weighted by Gasteiger charge is 2.39. The number of nitrogens with one attached hydrogen (secondary N) is 1. The van der Waals surface area contributed by atoms with Gasteiger partial charge in [0.25, 0.3) is 0 Å². The van der Waals surface area contributed by atoms with Crippen molar-refractivity contribution in [3.8, 4) is 0 Å². The zero-order chi connectivity index (χ0) is 16.2. The number of halogens is 3. The van der Waals surface area contributed by atoms with Gasteiger partial charge < -0.3 is 14.5 Å². The van der Waals surface area contributed by atoms with Crippen molar-refractivity contribution in [2.24, 2.45) is 0 Å². The average molecular weight is 323 g/mol. The van der Waals surface area contributed by atoms with Crippen molar-refractivity contribution in [2.45, 2.75) is 26.2 Å². The first-order valence-electron chi connectivity index (χ1n) is 6.98. The summed E-state index contributed by atoms with van der Waals surface area (Å²) in [6.07, 6.45) is -3.04. The van der Waals surface area contributed by atoms with Gasteiger partial charge in [0.1, 0.15) is 11.8 Å². The minimum Gasteiger partial charge on any atom is -0.354 e. The van der Waals surface area contributed by atoms with E-state index in [4.69, 9.17) is 0 Å². The fourth-order valence-corrected chi connectivity index (χ4v) is 2.85. The van der Waals surface area contributed by atoms with Crippen LogP contribution in [0.5, 0.6) is 0 Å². The van der Waals surface area contributed by atoms with E-state index < -0.39 is 12.0 Å². The van der Waals surface area contributed by atoms with Crippen molar-refractivity contribution in [3.05, 3.63) is 29.7 Å². The molecule has 0 unspecified atom stereocenters. The van der Waals surface area contributed by atoms with Gasteiger partial charge in [-0.3, -0.25) is 0 Å². The Bertz CT molecular complexity index is 879. The molecule has 0 spiro atoms. The van der Waals surface area contributed by atoms with Crippen LogP contribution in [0.25, 0.3) is 11.0 Å². The standard InChI is InChI=1S/C13H12F3N7/c1-7-4-8-10(19-7)11(18-6-17-8)22-2-3-23-9(5-22)20-21-12(23)13(14,15)16/h4,6,19H,2-3,5H2,1H3. The molecule has 0 saturated heterocycles. The Balaban J connectivity index is 1.72. The lowest BCUT2D eigenvalue weighted by Crippen LogP contribution is -2.36. The zero-order valence-corrected chi connectivity index (χ0v) is 12.1. The van der Waals surface area contributed by atoms with Gasteiger partial charge >= 0.3 is 6.18 Å². The predicted molar refractivity (Wildman–Crippen MR) is 74.7 cm³/mol. The minimum absolute atomic E-state index is 0.155. The minimum atomic E-state index is -4.49. The van der Waals surface area contributed by atoms with Crippen molar-refractivity contribution in [1.82, 2.24) is 29.7 Å². The van der Waals surface area contributed by atoms with Crippen LogP contribution in [0, 0.1) is 6.92 Å². The summed E-state index contributed by atoms with van der Waals surface area (Å²) in [4.78, 5) is 13.5. The molecule has 0 radical (unpaired) electrons. The van der Waals surface area contributed by atoms with Crippen LogP contribution in [0.2, 0.25) is 0 Å². The van der Waals surface area contributed by atoms with Gasteiger partial charge in [-0.15, -0.1) is 10.2 Å². The number of hydrogen-bond acceptors (Lipinski definition) is 5. The number of hydrogen-bond donors (Lipinski definition) is 1. The van der Waals surface area contributed by atoms with E-state index in [1.807, 2.05) is 17.9 Å². The van der Waals surface area contributed by atoms with Gasteiger partial charge in [0.05, 0.1) is 12.1 Å². The van der Waals surface area contributed by atoms with Crippen molar-refractivity contribution in [2.75, 3.05) is 11.4 Å². The van der Waals surface area contributed by atoms with Crippen molar-refractivity contribution < 1.29 is 13.2 Å². The maximum atomic E-state index is 12.9. The first-order valence-corrected chi connectivity index (χ1v) is 6.98. The number of alkyl halides is 3. The Morgan fingerprint density at radius 3 is 2.78 bits per heavy atom. The van der Waals surface area contributed by atoms with Crippen molar-refractivity contribution >= 4 is 16.9 Å². The van der Waals surface area contributed by atoms with Crippen LogP contribution in [0.15, 0.2) is 12.4 Å². The molecule has 10 heteroatoms. The summed E-state index contributed by atoms with van der Waals surface area (Å²) in [6, 6.07) is 1.90. The van der Waals surface area contributed by atoms with Crippen LogP contribution >= 0.6 is 0 Å². The van der Waals surface area contributed by atoms with Crippen molar-refractivity contribution in [1.29, 1.82) is 0 Å². The molecule has 0 aromatic carbocycles. The van der Waals surface area contributed by atoms with Crippen LogP contribution in [0.4, 0.5) is 19.0 Å². The monoisotopic (exact) mass is 323 g/mol. The number of H-pyrrole nitrogens is 1. The quantitative estimate of drug-likeness (QED) is 0.740. The second-order valence-electron chi connectivity index (χ2n) is 5.42. The van der Waals surface area contributed by atoms with Crippen LogP contribution in [0.3, 0.4) is 0 Å². The lowest BCUT2D eigenvalue weighted by atomic mass is 10.3. The molecule has 7 nitrogen and oxygen atoms in total. The van der Waals surface area contributed by atoms with Crippen LogP contribution in [0.1, 0.15) is 17.3 Å². The van der Waals surface area contributed by atoms with E-state index in [1.54, 1.807) is 0 Å². The smallest absolute Gasteiger partial charge is 0.354 e. The van der Waals surface area contributed by atoms with Crippen LogP contribution in [-0.2, 0) is 19.3 Å². The highest BCUT2D eigenvalue weighted by molar-refractivity contribution is 5.86. The van der Waals surface area contributed by atoms with Crippen molar-refractivity contribution in [3.63, 3.8) is 0 Å². The number of aryl methyl sites for hydroxylation is 1. The maximum Gasteiger partial charge on any atom is 0.451 e. The molecule has 0 fully saturated rings. The number of fused-ring (bicyclic) bond motifs is 2. The highest BCUT2D eigenvalue weighted by Crippen LogP contribution is 2.31. The molecule has 4 heterocycles. The first kappa shape index (κ1) is 14.0. The van der Waals surface area contributed by atoms with Gasteiger partial charge in [-0.1, -0.05) is 0 Å². The van der Waals surface area contributed by atoms with Gasteiger partial charge in [0, 0.05) is 18.8 Å². The molecule has 1 N–H and O–H groups in total. The topological polar surface area (TPSA) is 75.5 Å². The summed E-state index contributed by atoms with van der Waals surface area (Å²) in [7, 11) is 0. The van der Waals surface area contributed by atoms with E-state index >= 15 is 0 Å². The number of anilines is 1. The molecule has 3 aromatic rings. The third-order valence-corrected chi connectivity index (χ3v) is 3.84. The molecule has 120 valence electrons. The van der Waals surface area contributed by atoms with Crippen LogP contribution < -0.4 is 4.90 Å². The Morgan fingerprint density at radius 2 is 2.00 bits per heavy atom. The van der Waals surface area contributed by atoms with Gasteiger partial charge in [-0.25, -0.2) is 9.97 Å². The van der Waals surface area contributed by atoms with Gasteiger partial charge in [0.2, 0.25) is 5.82 Å². The summed E-state index contributed by atoms with van der Waals surface area (Å²) in [6.45, 7) is 2.67. The number of rotatable bonds is 1. The number of aromatic nitrogens is 6. The van der Waals surface area contributed by atoms with E-state index in [2.05, 4.69) is 25.1 Å². The van der Waals surface area contributed by atoms with E-state index in [-0.39, 0.29) is 18.9 Å². The Kier molecular flexibility index (Phi) is 2.84. The summed E-state index contributed by atoms with van der Waals surface area (Å²) >= 11 is 0. The third-order valence-electron chi connectivity index (χ3n) is 3.84. The number of nitrogens with zero attached hydrogens (tertiary/aromatic N) is 6. The lowest BCUT2D eigenvalue weighted by molar-refractivity contribution is -0.147. The molecule has 0 bridgehead atoms. The molecule has 1 aliphatic heterocycles. The summed E-state index contributed by atoms with van der Waals surface area (Å²) in [5.74, 6) is -0.0137. The van der Waals surface area contributed by atoms with Gasteiger partial charge in [-0.05, 0) is 13.0 Å². The molecule has 4 rings (SSSR count). The predicted octanol–water partition coefficient (Wildman–Crippen LogP) is 1.90. The van der Waals surface area contributed by atoms with E-state index in [1.165, 1.54) is 6.33 Å².